The molecule has 0 heterocycles. The zero-order chi connectivity index (χ0) is 18.2. The molecule has 0 bridgehead atoms. The van der Waals surface area contributed by atoms with Gasteiger partial charge in [-0.3, -0.25) is 4.79 Å². The summed E-state index contributed by atoms with van der Waals surface area (Å²) in [4.78, 5) is 23.8. The summed E-state index contributed by atoms with van der Waals surface area (Å²) in [6.07, 6.45) is 0.638. The average molecular weight is 343 g/mol. The van der Waals surface area contributed by atoms with E-state index in [1.807, 2.05) is 12.1 Å². The molecule has 0 aliphatic rings. The van der Waals surface area contributed by atoms with Crippen molar-refractivity contribution >= 4 is 11.9 Å². The van der Waals surface area contributed by atoms with Gasteiger partial charge >= 0.3 is 5.97 Å². The number of benzene rings is 2. The van der Waals surface area contributed by atoms with Gasteiger partial charge in [-0.15, -0.1) is 0 Å². The fraction of sp³-hybridized carbons (Fsp3) is 0.263. The minimum Gasteiger partial charge on any atom is -0.493 e. The molecular formula is C19H21NO5. The number of rotatable bonds is 7. The van der Waals surface area contributed by atoms with Crippen molar-refractivity contribution in [3.63, 3.8) is 0 Å². The molecule has 1 N–H and O–H groups in total. The maximum Gasteiger partial charge on any atom is 0.337 e. The van der Waals surface area contributed by atoms with Crippen molar-refractivity contribution in [2.45, 2.75) is 6.42 Å². The Morgan fingerprint density at radius 1 is 0.960 bits per heavy atom. The number of methoxy groups -OCH3 is 3. The standard InChI is InChI=1S/C19H21NO5/c1-23-16-6-4-5-15(17(16)24-2)18(21)20-12-11-13-7-9-14(10-8-13)19(22)25-3/h4-10H,11-12H2,1-3H3,(H,20,21). The molecule has 0 aliphatic carbocycles. The van der Waals surface area contributed by atoms with E-state index < -0.39 is 0 Å². The first-order valence-electron chi connectivity index (χ1n) is 7.77. The number of para-hydroxylation sites is 1. The summed E-state index contributed by atoms with van der Waals surface area (Å²) in [5.74, 6) is 0.311. The Labute approximate surface area is 146 Å². The van der Waals surface area contributed by atoms with Crippen LogP contribution >= 0.6 is 0 Å². The molecule has 132 valence electrons. The number of ether oxygens (including phenoxy) is 3. The highest BCUT2D eigenvalue weighted by Crippen LogP contribution is 2.30. The van der Waals surface area contributed by atoms with Crippen LogP contribution in [0.3, 0.4) is 0 Å². The van der Waals surface area contributed by atoms with Crippen LogP contribution in [0.1, 0.15) is 26.3 Å². The SMILES string of the molecule is COC(=O)c1ccc(CCNC(=O)c2cccc(OC)c2OC)cc1. The van der Waals surface area contributed by atoms with Gasteiger partial charge < -0.3 is 19.5 Å². The first-order valence-corrected chi connectivity index (χ1v) is 7.77. The van der Waals surface area contributed by atoms with Gasteiger partial charge in [0.05, 0.1) is 32.5 Å². The first kappa shape index (κ1) is 18.3. The Balaban J connectivity index is 1.96. The molecule has 0 aliphatic heterocycles. The topological polar surface area (TPSA) is 73.9 Å². The maximum atomic E-state index is 12.4. The normalized spacial score (nSPS) is 10.0. The zero-order valence-corrected chi connectivity index (χ0v) is 14.5. The second-order valence-electron chi connectivity index (χ2n) is 5.24. The summed E-state index contributed by atoms with van der Waals surface area (Å²) >= 11 is 0. The van der Waals surface area contributed by atoms with Gasteiger partial charge in [-0.05, 0) is 36.2 Å². The number of esters is 1. The van der Waals surface area contributed by atoms with Crippen molar-refractivity contribution in [1.82, 2.24) is 5.32 Å². The van der Waals surface area contributed by atoms with Crippen molar-refractivity contribution in [3.05, 3.63) is 59.2 Å². The molecule has 0 fully saturated rings. The Hall–Kier alpha value is -3.02. The molecule has 0 saturated carbocycles. The van der Waals surface area contributed by atoms with E-state index in [0.717, 1.165) is 5.56 Å². The predicted molar refractivity (Wildman–Crippen MR) is 93.4 cm³/mol. The van der Waals surface area contributed by atoms with Crippen LogP contribution in [-0.4, -0.2) is 39.8 Å². The number of carbonyl (C=O) groups is 2. The van der Waals surface area contributed by atoms with E-state index in [-0.39, 0.29) is 11.9 Å². The van der Waals surface area contributed by atoms with Gasteiger partial charge in [0.25, 0.3) is 5.91 Å². The Kier molecular flexibility index (Phi) is 6.39. The van der Waals surface area contributed by atoms with Gasteiger partial charge in [0.15, 0.2) is 11.5 Å². The lowest BCUT2D eigenvalue weighted by Crippen LogP contribution is -2.26. The zero-order valence-electron chi connectivity index (χ0n) is 14.5. The summed E-state index contributed by atoms with van der Waals surface area (Å²) in [5, 5.41) is 2.86. The van der Waals surface area contributed by atoms with Crippen LogP contribution in [0, 0.1) is 0 Å². The molecule has 2 rings (SSSR count). The molecule has 0 saturated heterocycles. The quantitative estimate of drug-likeness (QED) is 0.782. The largest absolute Gasteiger partial charge is 0.493 e. The maximum absolute atomic E-state index is 12.4. The average Bonchev–Trinajstić information content (AvgIpc) is 2.66. The second kappa shape index (κ2) is 8.73. The fourth-order valence-electron chi connectivity index (χ4n) is 2.41. The van der Waals surface area contributed by atoms with E-state index in [1.54, 1.807) is 30.3 Å². The smallest absolute Gasteiger partial charge is 0.337 e. The molecule has 1 amide bonds. The van der Waals surface area contributed by atoms with E-state index in [4.69, 9.17) is 9.47 Å². The lowest BCUT2D eigenvalue weighted by atomic mass is 10.1. The number of amides is 1. The number of nitrogens with one attached hydrogen (secondary N) is 1. The van der Waals surface area contributed by atoms with E-state index >= 15 is 0 Å². The summed E-state index contributed by atoms with van der Waals surface area (Å²) in [6.45, 7) is 0.455. The van der Waals surface area contributed by atoms with E-state index in [1.165, 1.54) is 21.3 Å². The highest BCUT2D eigenvalue weighted by molar-refractivity contribution is 5.97. The van der Waals surface area contributed by atoms with Crippen molar-refractivity contribution in [2.75, 3.05) is 27.9 Å². The molecule has 0 atom stereocenters. The summed E-state index contributed by atoms with van der Waals surface area (Å²) in [5.41, 5.74) is 1.92. The molecular weight excluding hydrogens is 322 g/mol. The molecule has 0 aromatic heterocycles. The molecule has 25 heavy (non-hydrogen) atoms. The summed E-state index contributed by atoms with van der Waals surface area (Å²) in [7, 11) is 4.37. The van der Waals surface area contributed by atoms with Crippen LogP contribution in [0.5, 0.6) is 11.5 Å². The van der Waals surface area contributed by atoms with Gasteiger partial charge in [0.1, 0.15) is 0 Å². The molecule has 6 heteroatoms. The number of carbonyl (C=O) groups excluding carboxylic acids is 2. The van der Waals surface area contributed by atoms with Gasteiger partial charge in [0.2, 0.25) is 0 Å². The third kappa shape index (κ3) is 4.50. The molecule has 0 unspecified atom stereocenters. The minimum absolute atomic E-state index is 0.234. The third-order valence-corrected chi connectivity index (χ3v) is 3.72. The van der Waals surface area contributed by atoms with Gasteiger partial charge in [-0.1, -0.05) is 18.2 Å². The van der Waals surface area contributed by atoms with Gasteiger partial charge in [-0.2, -0.15) is 0 Å². The molecule has 2 aromatic rings. The van der Waals surface area contributed by atoms with Crippen LogP contribution in [0.25, 0.3) is 0 Å². The first-order chi connectivity index (χ1) is 12.1. The molecule has 2 aromatic carbocycles. The summed E-state index contributed by atoms with van der Waals surface area (Å²) in [6, 6.07) is 12.2. The van der Waals surface area contributed by atoms with Crippen molar-refractivity contribution in [3.8, 4) is 11.5 Å². The minimum atomic E-state index is -0.370. The lowest BCUT2D eigenvalue weighted by Gasteiger charge is -2.12. The van der Waals surface area contributed by atoms with E-state index in [2.05, 4.69) is 10.1 Å². The van der Waals surface area contributed by atoms with Crippen molar-refractivity contribution in [1.29, 1.82) is 0 Å². The van der Waals surface area contributed by atoms with Crippen LogP contribution < -0.4 is 14.8 Å². The number of hydrogen-bond acceptors (Lipinski definition) is 5. The summed E-state index contributed by atoms with van der Waals surface area (Å²) < 4.78 is 15.1. The van der Waals surface area contributed by atoms with E-state index in [0.29, 0.717) is 35.6 Å². The van der Waals surface area contributed by atoms with Crippen LogP contribution in [-0.2, 0) is 11.2 Å². The Morgan fingerprint density at radius 2 is 1.68 bits per heavy atom. The van der Waals surface area contributed by atoms with Gasteiger partial charge in [0, 0.05) is 6.54 Å². The highest BCUT2D eigenvalue weighted by atomic mass is 16.5. The lowest BCUT2D eigenvalue weighted by molar-refractivity contribution is 0.0600. The monoisotopic (exact) mass is 343 g/mol. The molecule has 0 spiro atoms. The molecule has 0 radical (unpaired) electrons. The molecule has 6 nitrogen and oxygen atoms in total. The Morgan fingerprint density at radius 3 is 2.28 bits per heavy atom. The third-order valence-electron chi connectivity index (χ3n) is 3.72. The van der Waals surface area contributed by atoms with Gasteiger partial charge in [-0.25, -0.2) is 4.79 Å². The van der Waals surface area contributed by atoms with Crippen molar-refractivity contribution in [2.24, 2.45) is 0 Å². The highest BCUT2D eigenvalue weighted by Gasteiger charge is 2.15. The number of hydrogen-bond donors (Lipinski definition) is 1. The van der Waals surface area contributed by atoms with E-state index in [9.17, 15) is 9.59 Å². The van der Waals surface area contributed by atoms with Crippen LogP contribution in [0.15, 0.2) is 42.5 Å². The Bertz CT molecular complexity index is 740. The fourth-order valence-corrected chi connectivity index (χ4v) is 2.41. The van der Waals surface area contributed by atoms with Crippen LogP contribution in [0.4, 0.5) is 0 Å². The predicted octanol–water partition coefficient (Wildman–Crippen LogP) is 2.46. The van der Waals surface area contributed by atoms with Crippen molar-refractivity contribution < 1.29 is 23.8 Å². The second-order valence-corrected chi connectivity index (χ2v) is 5.24. The van der Waals surface area contributed by atoms with Crippen LogP contribution in [0.2, 0.25) is 0 Å².